The lowest BCUT2D eigenvalue weighted by Crippen LogP contribution is -2.58. The summed E-state index contributed by atoms with van der Waals surface area (Å²) in [6.07, 6.45) is 0.857. The summed E-state index contributed by atoms with van der Waals surface area (Å²) in [5.41, 5.74) is 8.95. The van der Waals surface area contributed by atoms with Crippen molar-refractivity contribution in [3.05, 3.63) is 60.2 Å². The van der Waals surface area contributed by atoms with Gasteiger partial charge in [-0.3, -0.25) is 20.5 Å². The normalized spacial score (nSPS) is 24.0. The minimum Gasteiger partial charge on any atom is -0.363 e. The molecule has 2 heterocycles. The fourth-order valence-corrected chi connectivity index (χ4v) is 3.16. The molecule has 2 aromatic rings. The lowest BCUT2D eigenvalue weighted by Gasteiger charge is -2.40. The molecule has 1 amide bonds. The predicted octanol–water partition coefficient (Wildman–Crippen LogP) is 1.95. The minimum absolute atomic E-state index is 0.0410. The van der Waals surface area contributed by atoms with Gasteiger partial charge in [-0.15, -0.1) is 0 Å². The molecule has 0 saturated carbocycles. The van der Waals surface area contributed by atoms with Crippen LogP contribution >= 0.6 is 0 Å². The molecule has 2 aliphatic rings. The molecule has 0 aliphatic carbocycles. The zero-order valence-electron chi connectivity index (χ0n) is 12.1. The number of para-hydroxylation sites is 2. The number of carbonyl (C=O) groups is 1. The van der Waals surface area contributed by atoms with Gasteiger partial charge in [-0.05, 0) is 30.7 Å². The van der Waals surface area contributed by atoms with Crippen molar-refractivity contribution in [3.8, 4) is 0 Å². The highest BCUT2D eigenvalue weighted by atomic mass is 16.2. The zero-order chi connectivity index (χ0) is 14.9. The van der Waals surface area contributed by atoms with Crippen LogP contribution < -0.4 is 21.1 Å². The monoisotopic (exact) mass is 294 g/mol. The molecule has 5 nitrogen and oxygen atoms in total. The lowest BCUT2D eigenvalue weighted by atomic mass is 10.0. The highest BCUT2D eigenvalue weighted by Crippen LogP contribution is 2.31. The Bertz CT molecular complexity index is 682. The number of rotatable bonds is 2. The summed E-state index contributed by atoms with van der Waals surface area (Å²) in [7, 11) is 0. The maximum Gasteiger partial charge on any atom is 0.262 e. The summed E-state index contributed by atoms with van der Waals surface area (Å²) in [6.45, 7) is 0.904. The van der Waals surface area contributed by atoms with E-state index in [4.69, 9.17) is 0 Å². The van der Waals surface area contributed by atoms with E-state index in [1.165, 1.54) is 0 Å². The van der Waals surface area contributed by atoms with Crippen LogP contribution in [0, 0.1) is 0 Å². The number of carbonyl (C=O) groups excluding carboxylic acids is 1. The van der Waals surface area contributed by atoms with Crippen LogP contribution in [0.4, 0.5) is 11.4 Å². The van der Waals surface area contributed by atoms with Gasteiger partial charge in [-0.2, -0.15) is 0 Å². The average molecular weight is 294 g/mol. The molecule has 0 bridgehead atoms. The smallest absolute Gasteiger partial charge is 0.262 e. The van der Waals surface area contributed by atoms with E-state index in [9.17, 15) is 4.79 Å². The Morgan fingerprint density at radius 2 is 1.77 bits per heavy atom. The van der Waals surface area contributed by atoms with Gasteiger partial charge >= 0.3 is 0 Å². The van der Waals surface area contributed by atoms with Crippen LogP contribution in [0.2, 0.25) is 0 Å². The third kappa shape index (κ3) is 2.15. The van der Waals surface area contributed by atoms with E-state index in [-0.39, 0.29) is 18.1 Å². The molecule has 0 aromatic heterocycles. The summed E-state index contributed by atoms with van der Waals surface area (Å²) in [4.78, 5) is 14.9. The van der Waals surface area contributed by atoms with Crippen LogP contribution in [-0.4, -0.2) is 24.7 Å². The summed E-state index contributed by atoms with van der Waals surface area (Å²) in [6, 6.07) is 17.7. The SMILES string of the molecule is O=C1c2ccccc2NC(C2CCNN2)N1c1ccccc1. The molecule has 3 N–H and O–H groups in total. The van der Waals surface area contributed by atoms with Crippen LogP contribution in [0.1, 0.15) is 16.8 Å². The van der Waals surface area contributed by atoms with Crippen molar-refractivity contribution in [3.63, 3.8) is 0 Å². The number of fused-ring (bicyclic) bond motifs is 1. The Kier molecular flexibility index (Phi) is 3.29. The fraction of sp³-hybridized carbons (Fsp3) is 0.235. The molecule has 2 aromatic carbocycles. The molecule has 22 heavy (non-hydrogen) atoms. The molecule has 2 atom stereocenters. The van der Waals surface area contributed by atoms with E-state index < -0.39 is 0 Å². The number of nitrogens with one attached hydrogen (secondary N) is 3. The number of hydrogen-bond acceptors (Lipinski definition) is 4. The predicted molar refractivity (Wildman–Crippen MR) is 86.6 cm³/mol. The standard InChI is InChI=1S/C17H18N4O/c22-17-13-8-4-5-9-14(13)19-16(15-10-11-18-20-15)21(17)12-6-2-1-3-7-12/h1-9,15-16,18-20H,10-11H2. The largest absolute Gasteiger partial charge is 0.363 e. The van der Waals surface area contributed by atoms with Crippen LogP contribution in [0.15, 0.2) is 54.6 Å². The number of anilines is 2. The van der Waals surface area contributed by atoms with E-state index in [1.54, 1.807) is 0 Å². The van der Waals surface area contributed by atoms with E-state index in [0.29, 0.717) is 5.56 Å². The Hall–Kier alpha value is -2.37. The molecule has 1 saturated heterocycles. The highest BCUT2D eigenvalue weighted by molar-refractivity contribution is 6.12. The third-order valence-corrected chi connectivity index (χ3v) is 4.24. The number of amides is 1. The lowest BCUT2D eigenvalue weighted by molar-refractivity contribution is 0.0970. The van der Waals surface area contributed by atoms with Crippen LogP contribution in [0.5, 0.6) is 0 Å². The Morgan fingerprint density at radius 1 is 1.00 bits per heavy atom. The van der Waals surface area contributed by atoms with E-state index in [2.05, 4.69) is 16.2 Å². The highest BCUT2D eigenvalue weighted by Gasteiger charge is 2.38. The summed E-state index contributed by atoms with van der Waals surface area (Å²) in [5.74, 6) is 0.0410. The van der Waals surface area contributed by atoms with Crippen molar-refractivity contribution in [1.29, 1.82) is 0 Å². The minimum atomic E-state index is -0.111. The van der Waals surface area contributed by atoms with Crippen LogP contribution in [0.25, 0.3) is 0 Å². The van der Waals surface area contributed by atoms with Gasteiger partial charge in [0.1, 0.15) is 6.17 Å². The summed E-state index contributed by atoms with van der Waals surface area (Å²) >= 11 is 0. The average Bonchev–Trinajstić information content (AvgIpc) is 3.10. The summed E-state index contributed by atoms with van der Waals surface area (Å²) < 4.78 is 0. The molecule has 2 unspecified atom stereocenters. The van der Waals surface area contributed by atoms with Gasteiger partial charge in [-0.1, -0.05) is 30.3 Å². The zero-order valence-corrected chi connectivity index (χ0v) is 12.1. The molecular weight excluding hydrogens is 276 g/mol. The Labute approximate surface area is 129 Å². The molecule has 2 aliphatic heterocycles. The van der Waals surface area contributed by atoms with Crippen molar-refractivity contribution >= 4 is 17.3 Å². The van der Waals surface area contributed by atoms with Gasteiger partial charge in [0.05, 0.1) is 11.6 Å². The van der Waals surface area contributed by atoms with Crippen molar-refractivity contribution in [2.24, 2.45) is 0 Å². The first-order chi connectivity index (χ1) is 10.8. The van der Waals surface area contributed by atoms with Gasteiger partial charge in [0, 0.05) is 17.9 Å². The maximum atomic E-state index is 13.0. The number of benzene rings is 2. The second-order valence-electron chi connectivity index (χ2n) is 5.61. The number of hydrogen-bond donors (Lipinski definition) is 3. The Balaban J connectivity index is 1.79. The van der Waals surface area contributed by atoms with E-state index >= 15 is 0 Å². The fourth-order valence-electron chi connectivity index (χ4n) is 3.16. The molecule has 0 spiro atoms. The van der Waals surface area contributed by atoms with Gasteiger partial charge < -0.3 is 5.32 Å². The Morgan fingerprint density at radius 3 is 2.55 bits per heavy atom. The molecule has 1 fully saturated rings. The molecule has 112 valence electrons. The second-order valence-corrected chi connectivity index (χ2v) is 5.61. The van der Waals surface area contributed by atoms with Crippen molar-refractivity contribution in [2.75, 3.05) is 16.8 Å². The third-order valence-electron chi connectivity index (χ3n) is 4.24. The molecular formula is C17H18N4O. The molecule has 0 radical (unpaired) electrons. The van der Waals surface area contributed by atoms with Crippen molar-refractivity contribution in [2.45, 2.75) is 18.6 Å². The number of nitrogens with zero attached hydrogens (tertiary/aromatic N) is 1. The molecule has 5 heteroatoms. The van der Waals surface area contributed by atoms with Crippen LogP contribution in [0.3, 0.4) is 0 Å². The van der Waals surface area contributed by atoms with E-state index in [0.717, 1.165) is 24.3 Å². The summed E-state index contributed by atoms with van der Waals surface area (Å²) in [5, 5.41) is 3.52. The first kappa shape index (κ1) is 13.3. The van der Waals surface area contributed by atoms with Gasteiger partial charge in [0.2, 0.25) is 0 Å². The second kappa shape index (κ2) is 5.44. The quantitative estimate of drug-likeness (QED) is 0.792. The van der Waals surface area contributed by atoms with Gasteiger partial charge in [0.15, 0.2) is 0 Å². The maximum absolute atomic E-state index is 13.0. The molecule has 4 rings (SSSR count). The van der Waals surface area contributed by atoms with Gasteiger partial charge in [0.25, 0.3) is 5.91 Å². The topological polar surface area (TPSA) is 56.4 Å². The van der Waals surface area contributed by atoms with Gasteiger partial charge in [-0.25, -0.2) is 0 Å². The van der Waals surface area contributed by atoms with Crippen molar-refractivity contribution < 1.29 is 4.79 Å². The van der Waals surface area contributed by atoms with Crippen molar-refractivity contribution in [1.82, 2.24) is 10.9 Å². The van der Waals surface area contributed by atoms with Crippen LogP contribution in [-0.2, 0) is 0 Å². The number of hydrazine groups is 1. The first-order valence-electron chi connectivity index (χ1n) is 7.57. The first-order valence-corrected chi connectivity index (χ1v) is 7.57. The van der Waals surface area contributed by atoms with E-state index in [1.807, 2.05) is 59.5 Å².